The van der Waals surface area contributed by atoms with Gasteiger partial charge in [0.2, 0.25) is 0 Å². The summed E-state index contributed by atoms with van der Waals surface area (Å²) < 4.78 is 0. The van der Waals surface area contributed by atoms with Crippen molar-refractivity contribution in [2.45, 2.75) is 25.2 Å². The van der Waals surface area contributed by atoms with Gasteiger partial charge in [-0.15, -0.1) is 11.3 Å². The standard InChI is InChI=1S/C7H9NS/c1-2-6(3-1)7-4-9-5-8-7/h4-6H,1-3H2. The molecule has 1 fully saturated rings. The molecule has 0 spiro atoms. The predicted octanol–water partition coefficient (Wildman–Crippen LogP) is 2.41. The maximum Gasteiger partial charge on any atom is 0.0794 e. The predicted molar refractivity (Wildman–Crippen MR) is 38.7 cm³/mol. The molecule has 1 saturated carbocycles. The summed E-state index contributed by atoms with van der Waals surface area (Å²) in [4.78, 5) is 4.26. The van der Waals surface area contributed by atoms with Crippen molar-refractivity contribution in [1.29, 1.82) is 0 Å². The average Bonchev–Trinajstić information content (AvgIpc) is 2.11. The molecule has 0 amide bonds. The van der Waals surface area contributed by atoms with Crippen LogP contribution in [-0.2, 0) is 0 Å². The summed E-state index contributed by atoms with van der Waals surface area (Å²) in [6, 6.07) is 0. The minimum Gasteiger partial charge on any atom is -0.249 e. The Balaban J connectivity index is 2.14. The van der Waals surface area contributed by atoms with E-state index in [-0.39, 0.29) is 0 Å². The number of hydrogen-bond acceptors (Lipinski definition) is 2. The van der Waals surface area contributed by atoms with E-state index >= 15 is 0 Å². The Morgan fingerprint density at radius 2 is 2.44 bits per heavy atom. The summed E-state index contributed by atoms with van der Waals surface area (Å²) in [5.41, 5.74) is 3.25. The second-order valence-corrected chi connectivity index (χ2v) is 3.26. The smallest absolute Gasteiger partial charge is 0.0794 e. The monoisotopic (exact) mass is 139 g/mol. The largest absolute Gasteiger partial charge is 0.249 e. The molecule has 48 valence electrons. The maximum atomic E-state index is 4.26. The van der Waals surface area contributed by atoms with Gasteiger partial charge in [0.05, 0.1) is 11.2 Å². The zero-order valence-electron chi connectivity index (χ0n) is 5.21. The van der Waals surface area contributed by atoms with Gasteiger partial charge in [-0.3, -0.25) is 0 Å². The van der Waals surface area contributed by atoms with Crippen LogP contribution < -0.4 is 0 Å². The highest BCUT2D eigenvalue weighted by Gasteiger charge is 2.20. The summed E-state index contributed by atoms with van der Waals surface area (Å²) in [5, 5.41) is 2.17. The summed E-state index contributed by atoms with van der Waals surface area (Å²) in [5.74, 6) is 0.816. The van der Waals surface area contributed by atoms with Gasteiger partial charge in [0, 0.05) is 11.3 Å². The third-order valence-electron chi connectivity index (χ3n) is 1.97. The van der Waals surface area contributed by atoms with Crippen LogP contribution in [0, 0.1) is 0 Å². The van der Waals surface area contributed by atoms with E-state index < -0.39 is 0 Å². The van der Waals surface area contributed by atoms with Crippen LogP contribution in [0.3, 0.4) is 0 Å². The lowest BCUT2D eigenvalue weighted by Crippen LogP contribution is -2.08. The van der Waals surface area contributed by atoms with Crippen LogP contribution in [0.15, 0.2) is 10.9 Å². The van der Waals surface area contributed by atoms with Gasteiger partial charge >= 0.3 is 0 Å². The topological polar surface area (TPSA) is 12.9 Å². The lowest BCUT2D eigenvalue weighted by atomic mass is 9.83. The van der Waals surface area contributed by atoms with Crippen molar-refractivity contribution in [2.24, 2.45) is 0 Å². The first-order valence-electron chi connectivity index (χ1n) is 3.35. The quantitative estimate of drug-likeness (QED) is 0.582. The van der Waals surface area contributed by atoms with Crippen molar-refractivity contribution >= 4 is 11.3 Å². The van der Waals surface area contributed by atoms with E-state index in [1.165, 1.54) is 25.0 Å². The first-order chi connectivity index (χ1) is 4.47. The van der Waals surface area contributed by atoms with E-state index in [0.717, 1.165) is 5.92 Å². The van der Waals surface area contributed by atoms with Gasteiger partial charge < -0.3 is 0 Å². The molecule has 0 aromatic carbocycles. The van der Waals surface area contributed by atoms with Crippen LogP contribution >= 0.6 is 11.3 Å². The maximum absolute atomic E-state index is 4.26. The van der Waals surface area contributed by atoms with Gasteiger partial charge in [-0.1, -0.05) is 6.42 Å². The van der Waals surface area contributed by atoms with Crippen LogP contribution in [-0.4, -0.2) is 4.98 Å². The van der Waals surface area contributed by atoms with Gasteiger partial charge in [-0.05, 0) is 12.8 Å². The molecule has 0 radical (unpaired) electrons. The van der Waals surface area contributed by atoms with Gasteiger partial charge in [0.25, 0.3) is 0 Å². The SMILES string of the molecule is c1nc(C2CCC2)cs1. The molecule has 9 heavy (non-hydrogen) atoms. The molecule has 2 rings (SSSR count). The van der Waals surface area contributed by atoms with E-state index in [4.69, 9.17) is 0 Å². The molecular formula is C7H9NS. The highest BCUT2D eigenvalue weighted by Crippen LogP contribution is 2.35. The molecule has 1 aliphatic carbocycles. The number of thiazole rings is 1. The summed E-state index contributed by atoms with van der Waals surface area (Å²) in [6.07, 6.45) is 4.13. The number of rotatable bonds is 1. The van der Waals surface area contributed by atoms with Gasteiger partial charge in [-0.25, -0.2) is 4.98 Å². The zero-order chi connectivity index (χ0) is 6.10. The molecular weight excluding hydrogens is 130 g/mol. The first-order valence-corrected chi connectivity index (χ1v) is 4.29. The van der Waals surface area contributed by atoms with Crippen LogP contribution in [0.1, 0.15) is 30.9 Å². The molecule has 0 saturated heterocycles. The summed E-state index contributed by atoms with van der Waals surface area (Å²) >= 11 is 1.71. The van der Waals surface area contributed by atoms with Crippen LogP contribution in [0.25, 0.3) is 0 Å². The van der Waals surface area contributed by atoms with Gasteiger partial charge in [0.15, 0.2) is 0 Å². The van der Waals surface area contributed by atoms with Crippen molar-refractivity contribution in [2.75, 3.05) is 0 Å². The molecule has 1 nitrogen and oxygen atoms in total. The molecule has 1 heterocycles. The van der Waals surface area contributed by atoms with Crippen molar-refractivity contribution in [3.8, 4) is 0 Å². The molecule has 0 bridgehead atoms. The van der Waals surface area contributed by atoms with Gasteiger partial charge in [-0.2, -0.15) is 0 Å². The molecule has 0 unspecified atom stereocenters. The molecule has 0 N–H and O–H groups in total. The third-order valence-corrected chi connectivity index (χ3v) is 2.58. The second-order valence-electron chi connectivity index (χ2n) is 2.54. The number of nitrogens with zero attached hydrogens (tertiary/aromatic N) is 1. The minimum atomic E-state index is 0.816. The van der Waals surface area contributed by atoms with Crippen molar-refractivity contribution in [1.82, 2.24) is 4.98 Å². The van der Waals surface area contributed by atoms with E-state index in [9.17, 15) is 0 Å². The highest BCUT2D eigenvalue weighted by atomic mass is 32.1. The summed E-state index contributed by atoms with van der Waals surface area (Å²) in [7, 11) is 0. The van der Waals surface area contributed by atoms with E-state index in [1.807, 2.05) is 5.51 Å². The Morgan fingerprint density at radius 1 is 1.56 bits per heavy atom. The Labute approximate surface area is 58.7 Å². The third kappa shape index (κ3) is 0.874. The molecule has 0 aliphatic heterocycles. The van der Waals surface area contributed by atoms with Crippen molar-refractivity contribution in [3.63, 3.8) is 0 Å². The number of aromatic nitrogens is 1. The minimum absolute atomic E-state index is 0.816. The fraction of sp³-hybridized carbons (Fsp3) is 0.571. The zero-order valence-corrected chi connectivity index (χ0v) is 6.03. The Bertz CT molecular complexity index is 177. The van der Waals surface area contributed by atoms with Crippen molar-refractivity contribution in [3.05, 3.63) is 16.6 Å². The average molecular weight is 139 g/mol. The molecule has 0 atom stereocenters. The molecule has 1 aliphatic rings. The van der Waals surface area contributed by atoms with E-state index in [2.05, 4.69) is 10.4 Å². The van der Waals surface area contributed by atoms with Crippen molar-refractivity contribution < 1.29 is 0 Å². The van der Waals surface area contributed by atoms with E-state index in [0.29, 0.717) is 0 Å². The molecule has 1 aromatic heterocycles. The van der Waals surface area contributed by atoms with Gasteiger partial charge in [0.1, 0.15) is 0 Å². The van der Waals surface area contributed by atoms with Crippen LogP contribution in [0.5, 0.6) is 0 Å². The van der Waals surface area contributed by atoms with Crippen LogP contribution in [0.2, 0.25) is 0 Å². The lowest BCUT2D eigenvalue weighted by molar-refractivity contribution is 0.412. The first kappa shape index (κ1) is 5.42. The highest BCUT2D eigenvalue weighted by molar-refractivity contribution is 7.07. The Hall–Kier alpha value is -0.370. The molecule has 2 heteroatoms. The Kier molecular flexibility index (Phi) is 1.27. The number of hydrogen-bond donors (Lipinski definition) is 0. The fourth-order valence-electron chi connectivity index (χ4n) is 1.13. The summed E-state index contributed by atoms with van der Waals surface area (Å²) in [6.45, 7) is 0. The van der Waals surface area contributed by atoms with Crippen LogP contribution in [0.4, 0.5) is 0 Å². The fourth-order valence-corrected chi connectivity index (χ4v) is 1.76. The molecule has 1 aromatic rings. The lowest BCUT2D eigenvalue weighted by Gasteiger charge is -2.22. The second kappa shape index (κ2) is 2.10. The Morgan fingerprint density at radius 3 is 2.89 bits per heavy atom. The normalized spacial score (nSPS) is 19.6. The van der Waals surface area contributed by atoms with E-state index in [1.54, 1.807) is 11.3 Å².